The van der Waals surface area contributed by atoms with E-state index in [2.05, 4.69) is 25.5 Å². The van der Waals surface area contributed by atoms with E-state index in [1.165, 1.54) is 12.8 Å². The number of aryl methyl sites for hydroxylation is 1. The lowest BCUT2D eigenvalue weighted by Gasteiger charge is -2.04. The van der Waals surface area contributed by atoms with Crippen molar-refractivity contribution in [1.29, 1.82) is 0 Å². The van der Waals surface area contributed by atoms with Crippen LogP contribution >= 0.6 is 0 Å². The predicted molar refractivity (Wildman–Crippen MR) is 65.6 cm³/mol. The molecule has 0 bridgehead atoms. The number of nitrogens with zero attached hydrogens (tertiary/aromatic N) is 3. The molecule has 1 aliphatic carbocycles. The lowest BCUT2D eigenvalue weighted by atomic mass is 10.2. The first-order valence-electron chi connectivity index (χ1n) is 5.90. The highest BCUT2D eigenvalue weighted by molar-refractivity contribution is 5.61. The van der Waals surface area contributed by atoms with Gasteiger partial charge in [-0.05, 0) is 31.7 Å². The highest BCUT2D eigenvalue weighted by Crippen LogP contribution is 2.28. The Labute approximate surface area is 99.7 Å². The number of anilines is 1. The van der Waals surface area contributed by atoms with Crippen molar-refractivity contribution in [1.82, 2.24) is 20.2 Å². The average molecular weight is 229 g/mol. The smallest absolute Gasteiger partial charge is 0.223 e. The van der Waals surface area contributed by atoms with Crippen LogP contribution in [0.3, 0.4) is 0 Å². The van der Waals surface area contributed by atoms with E-state index in [0.717, 1.165) is 29.4 Å². The van der Waals surface area contributed by atoms with Crippen LogP contribution in [0.4, 0.5) is 5.95 Å². The fraction of sp³-hybridized carbons (Fsp3) is 0.417. The molecule has 0 saturated heterocycles. The molecule has 0 spiro atoms. The van der Waals surface area contributed by atoms with Gasteiger partial charge in [0.25, 0.3) is 0 Å². The molecule has 5 heteroatoms. The Morgan fingerprint density at radius 3 is 3.06 bits per heavy atom. The molecule has 0 atom stereocenters. The second-order valence-corrected chi connectivity index (χ2v) is 4.47. The van der Waals surface area contributed by atoms with Gasteiger partial charge in [0.2, 0.25) is 5.95 Å². The molecule has 3 rings (SSSR count). The summed E-state index contributed by atoms with van der Waals surface area (Å²) in [7, 11) is 0. The predicted octanol–water partition coefficient (Wildman–Crippen LogP) is 2.00. The number of nitrogens with one attached hydrogen (secondary N) is 2. The summed E-state index contributed by atoms with van der Waals surface area (Å²) < 4.78 is 0. The van der Waals surface area contributed by atoms with Crippen LogP contribution < -0.4 is 5.32 Å². The third-order valence-electron chi connectivity index (χ3n) is 3.01. The second kappa shape index (κ2) is 4.16. The Hall–Kier alpha value is -1.91. The van der Waals surface area contributed by atoms with Gasteiger partial charge in [0, 0.05) is 24.5 Å². The summed E-state index contributed by atoms with van der Waals surface area (Å²) in [5.41, 5.74) is 2.89. The van der Waals surface area contributed by atoms with Crippen LogP contribution in [0.25, 0.3) is 11.3 Å². The van der Waals surface area contributed by atoms with Gasteiger partial charge in [-0.3, -0.25) is 5.10 Å². The van der Waals surface area contributed by atoms with E-state index >= 15 is 0 Å². The highest BCUT2D eigenvalue weighted by atomic mass is 15.1. The number of hydrogen-bond acceptors (Lipinski definition) is 4. The average Bonchev–Trinajstić information content (AvgIpc) is 3.08. The second-order valence-electron chi connectivity index (χ2n) is 4.47. The van der Waals surface area contributed by atoms with E-state index in [1.807, 2.05) is 19.2 Å². The molecule has 0 radical (unpaired) electrons. The van der Waals surface area contributed by atoms with Crippen molar-refractivity contribution in [3.05, 3.63) is 24.2 Å². The van der Waals surface area contributed by atoms with E-state index < -0.39 is 0 Å². The zero-order valence-corrected chi connectivity index (χ0v) is 9.77. The van der Waals surface area contributed by atoms with Crippen LogP contribution in [0.2, 0.25) is 0 Å². The third kappa shape index (κ3) is 2.27. The fourth-order valence-corrected chi connectivity index (χ4v) is 1.77. The van der Waals surface area contributed by atoms with E-state index in [1.54, 1.807) is 6.20 Å². The van der Waals surface area contributed by atoms with Gasteiger partial charge in [0.15, 0.2) is 0 Å². The molecule has 2 N–H and O–H groups in total. The van der Waals surface area contributed by atoms with Crippen molar-refractivity contribution in [2.75, 3.05) is 11.9 Å². The molecule has 1 aliphatic rings. The van der Waals surface area contributed by atoms with Crippen molar-refractivity contribution >= 4 is 5.95 Å². The van der Waals surface area contributed by atoms with E-state index in [4.69, 9.17) is 0 Å². The Morgan fingerprint density at radius 2 is 2.35 bits per heavy atom. The van der Waals surface area contributed by atoms with E-state index in [9.17, 15) is 0 Å². The number of aromatic nitrogens is 4. The maximum atomic E-state index is 4.49. The van der Waals surface area contributed by atoms with Crippen LogP contribution in [0.15, 0.2) is 18.5 Å². The quantitative estimate of drug-likeness (QED) is 0.841. The zero-order valence-electron chi connectivity index (χ0n) is 9.77. The summed E-state index contributed by atoms with van der Waals surface area (Å²) in [4.78, 5) is 8.72. The molecule has 17 heavy (non-hydrogen) atoms. The number of rotatable bonds is 4. The Balaban J connectivity index is 1.80. The molecule has 88 valence electrons. The van der Waals surface area contributed by atoms with E-state index in [-0.39, 0.29) is 0 Å². The highest BCUT2D eigenvalue weighted by Gasteiger charge is 2.21. The summed E-state index contributed by atoms with van der Waals surface area (Å²) in [5, 5.41) is 10.2. The first kappa shape index (κ1) is 10.3. The topological polar surface area (TPSA) is 66.5 Å². The first-order valence-corrected chi connectivity index (χ1v) is 5.90. The van der Waals surface area contributed by atoms with Crippen molar-refractivity contribution < 1.29 is 0 Å². The van der Waals surface area contributed by atoms with Gasteiger partial charge < -0.3 is 5.32 Å². The van der Waals surface area contributed by atoms with Crippen LogP contribution in [0.1, 0.15) is 18.5 Å². The van der Waals surface area contributed by atoms with Crippen LogP contribution in [-0.4, -0.2) is 26.7 Å². The summed E-state index contributed by atoms with van der Waals surface area (Å²) >= 11 is 0. The lowest BCUT2D eigenvalue weighted by molar-refractivity contribution is 0.874. The molecule has 0 unspecified atom stereocenters. The summed E-state index contributed by atoms with van der Waals surface area (Å²) in [6.45, 7) is 2.94. The minimum Gasteiger partial charge on any atom is -0.354 e. The molecule has 2 aromatic rings. The van der Waals surface area contributed by atoms with Gasteiger partial charge in [-0.2, -0.15) is 5.10 Å². The Morgan fingerprint density at radius 1 is 1.47 bits per heavy atom. The molecule has 0 amide bonds. The molecule has 2 aromatic heterocycles. The summed E-state index contributed by atoms with van der Waals surface area (Å²) in [5.74, 6) is 1.52. The molecular weight excluding hydrogens is 214 g/mol. The van der Waals surface area contributed by atoms with E-state index in [0.29, 0.717) is 5.95 Å². The standard InChI is InChI=1S/C12H15N5/c1-8-10(7-15-17-8)11-4-5-13-12(16-11)14-6-9-2-3-9/h4-5,7,9H,2-3,6H2,1H3,(H,15,17)(H,13,14,16). The molecule has 0 aliphatic heterocycles. The molecule has 5 nitrogen and oxygen atoms in total. The molecule has 2 heterocycles. The largest absolute Gasteiger partial charge is 0.354 e. The van der Waals surface area contributed by atoms with Crippen LogP contribution in [-0.2, 0) is 0 Å². The van der Waals surface area contributed by atoms with Gasteiger partial charge >= 0.3 is 0 Å². The lowest BCUT2D eigenvalue weighted by Crippen LogP contribution is -2.06. The first-order chi connectivity index (χ1) is 8.33. The Kier molecular flexibility index (Phi) is 2.51. The zero-order chi connectivity index (χ0) is 11.7. The molecule has 1 saturated carbocycles. The molecule has 1 fully saturated rings. The maximum Gasteiger partial charge on any atom is 0.223 e. The van der Waals surface area contributed by atoms with Gasteiger partial charge in [-0.15, -0.1) is 0 Å². The van der Waals surface area contributed by atoms with Crippen molar-refractivity contribution in [3.8, 4) is 11.3 Å². The molecular formula is C12H15N5. The summed E-state index contributed by atoms with van der Waals surface area (Å²) in [6.07, 6.45) is 6.30. The van der Waals surface area contributed by atoms with Crippen molar-refractivity contribution in [3.63, 3.8) is 0 Å². The minimum atomic E-state index is 0.704. The van der Waals surface area contributed by atoms with Gasteiger partial charge in [-0.25, -0.2) is 9.97 Å². The van der Waals surface area contributed by atoms with Crippen molar-refractivity contribution in [2.45, 2.75) is 19.8 Å². The number of H-pyrrole nitrogens is 1. The van der Waals surface area contributed by atoms with Crippen LogP contribution in [0.5, 0.6) is 0 Å². The third-order valence-corrected chi connectivity index (χ3v) is 3.01. The Bertz CT molecular complexity index is 515. The van der Waals surface area contributed by atoms with Gasteiger partial charge in [0.05, 0.1) is 11.4 Å². The van der Waals surface area contributed by atoms with Gasteiger partial charge in [0.1, 0.15) is 0 Å². The number of hydrogen-bond donors (Lipinski definition) is 2. The molecule has 0 aromatic carbocycles. The van der Waals surface area contributed by atoms with Crippen LogP contribution in [0, 0.1) is 12.8 Å². The fourth-order valence-electron chi connectivity index (χ4n) is 1.77. The summed E-state index contributed by atoms with van der Waals surface area (Å²) in [6, 6.07) is 1.90. The monoisotopic (exact) mass is 229 g/mol. The SMILES string of the molecule is Cc1n[nH]cc1-c1ccnc(NCC2CC2)n1. The van der Waals surface area contributed by atoms with Gasteiger partial charge in [-0.1, -0.05) is 0 Å². The normalized spacial score (nSPS) is 14.9. The number of aromatic amines is 1. The maximum absolute atomic E-state index is 4.49. The van der Waals surface area contributed by atoms with Crippen molar-refractivity contribution in [2.24, 2.45) is 5.92 Å². The minimum absolute atomic E-state index is 0.704.